The van der Waals surface area contributed by atoms with Crippen LogP contribution in [0.5, 0.6) is 0 Å². The van der Waals surface area contributed by atoms with Crippen LogP contribution in [-0.4, -0.2) is 42.9 Å². The fraction of sp³-hybridized carbons (Fsp3) is 0.556. The molecule has 7 heteroatoms. The number of nitrogens with one attached hydrogen (secondary N) is 1. The molecule has 0 radical (unpaired) electrons. The van der Waals surface area contributed by atoms with E-state index in [1.54, 1.807) is 6.07 Å². The molecule has 2 aliphatic rings. The molecule has 5 nitrogen and oxygen atoms in total. The highest BCUT2D eigenvalue weighted by Crippen LogP contribution is 2.49. The van der Waals surface area contributed by atoms with Crippen LogP contribution in [0.3, 0.4) is 0 Å². The Balaban J connectivity index is 1.59. The number of piperidine rings is 1. The Kier molecular flexibility index (Phi) is 5.87. The van der Waals surface area contributed by atoms with Crippen molar-refractivity contribution in [1.82, 2.24) is 10.2 Å². The molecule has 0 bridgehead atoms. The molecule has 3 N–H and O–H groups in total. The molecule has 2 amide bonds. The maximum atomic E-state index is 12.8. The average Bonchev–Trinajstić information content (AvgIpc) is 3.39. The molecule has 3 atom stereocenters. The number of carbonyl (C=O) groups excluding carboxylic acids is 2. The van der Waals surface area contributed by atoms with E-state index >= 15 is 0 Å². The van der Waals surface area contributed by atoms with Gasteiger partial charge in [0.15, 0.2) is 0 Å². The lowest BCUT2D eigenvalue weighted by Gasteiger charge is -2.32. The molecule has 1 aromatic carbocycles. The lowest BCUT2D eigenvalue weighted by molar-refractivity contribution is -0.136. The third-order valence-corrected chi connectivity index (χ3v) is 5.40. The minimum atomic E-state index is -0.137. The first-order valence-corrected chi connectivity index (χ1v) is 9.47. The van der Waals surface area contributed by atoms with Gasteiger partial charge in [0, 0.05) is 42.1 Å². The summed E-state index contributed by atoms with van der Waals surface area (Å²) in [5.41, 5.74) is 6.44. The number of likely N-dealkylation sites (tertiary alicyclic amines) is 1. The number of amides is 2. The summed E-state index contributed by atoms with van der Waals surface area (Å²) >= 11 is 12.1. The van der Waals surface area contributed by atoms with Crippen LogP contribution in [0.15, 0.2) is 18.2 Å². The molecule has 0 aromatic heterocycles. The minimum Gasteiger partial charge on any atom is -0.355 e. The molecule has 3 unspecified atom stereocenters. The van der Waals surface area contributed by atoms with Gasteiger partial charge in [-0.05, 0) is 48.9 Å². The zero-order chi connectivity index (χ0) is 18.0. The highest BCUT2D eigenvalue weighted by molar-refractivity contribution is 6.34. The van der Waals surface area contributed by atoms with Crippen molar-refractivity contribution >= 4 is 35.0 Å². The van der Waals surface area contributed by atoms with Crippen LogP contribution in [-0.2, 0) is 9.59 Å². The van der Waals surface area contributed by atoms with E-state index in [9.17, 15) is 9.59 Å². The fourth-order valence-corrected chi connectivity index (χ4v) is 4.13. The largest absolute Gasteiger partial charge is 0.355 e. The van der Waals surface area contributed by atoms with Crippen molar-refractivity contribution < 1.29 is 9.59 Å². The second-order valence-corrected chi connectivity index (χ2v) is 7.73. The summed E-state index contributed by atoms with van der Waals surface area (Å²) in [6.45, 7) is 2.12. The second-order valence-electron chi connectivity index (χ2n) is 6.85. The number of nitrogens with zero attached hydrogens (tertiary/aromatic N) is 1. The van der Waals surface area contributed by atoms with Crippen molar-refractivity contribution in [3.05, 3.63) is 33.8 Å². The molecule has 25 heavy (non-hydrogen) atoms. The van der Waals surface area contributed by atoms with Crippen LogP contribution in [0.1, 0.15) is 30.7 Å². The van der Waals surface area contributed by atoms with Gasteiger partial charge in [-0.3, -0.25) is 9.59 Å². The number of rotatable bonds is 5. The Morgan fingerprint density at radius 1 is 1.24 bits per heavy atom. The van der Waals surface area contributed by atoms with Crippen LogP contribution in [0.4, 0.5) is 0 Å². The molecular weight excluding hydrogens is 361 g/mol. The van der Waals surface area contributed by atoms with Crippen LogP contribution in [0, 0.1) is 11.8 Å². The van der Waals surface area contributed by atoms with Gasteiger partial charge in [-0.25, -0.2) is 0 Å². The maximum absolute atomic E-state index is 12.8. The third kappa shape index (κ3) is 4.46. The monoisotopic (exact) mass is 383 g/mol. The van der Waals surface area contributed by atoms with Crippen molar-refractivity contribution in [2.45, 2.75) is 25.2 Å². The van der Waals surface area contributed by atoms with Gasteiger partial charge in [0.25, 0.3) is 0 Å². The zero-order valence-electron chi connectivity index (χ0n) is 14.0. The highest BCUT2D eigenvalue weighted by atomic mass is 35.5. The quantitative estimate of drug-likeness (QED) is 0.819. The van der Waals surface area contributed by atoms with Gasteiger partial charge in [0.1, 0.15) is 0 Å². The van der Waals surface area contributed by atoms with Gasteiger partial charge in [0.2, 0.25) is 11.8 Å². The highest BCUT2D eigenvalue weighted by Gasteiger charge is 2.46. The van der Waals surface area contributed by atoms with E-state index in [0.717, 1.165) is 31.4 Å². The first-order valence-electron chi connectivity index (χ1n) is 8.72. The van der Waals surface area contributed by atoms with E-state index in [-0.39, 0.29) is 29.6 Å². The molecule has 1 saturated heterocycles. The molecule has 3 rings (SSSR count). The molecule has 136 valence electrons. The topological polar surface area (TPSA) is 75.4 Å². The van der Waals surface area contributed by atoms with Crippen LogP contribution >= 0.6 is 23.2 Å². The SMILES string of the molecule is NCCNC(=O)C1CCCN(C(=O)C2CC2c2cc(Cl)cc(Cl)c2)C1. The van der Waals surface area contributed by atoms with Gasteiger partial charge < -0.3 is 16.0 Å². The van der Waals surface area contributed by atoms with E-state index in [4.69, 9.17) is 28.9 Å². The second kappa shape index (κ2) is 7.94. The maximum Gasteiger partial charge on any atom is 0.226 e. The minimum absolute atomic E-state index is 0.00285. The van der Waals surface area contributed by atoms with E-state index in [1.165, 1.54) is 0 Å². The molecule has 1 aliphatic carbocycles. The Bertz CT molecular complexity index is 647. The predicted octanol–water partition coefficient (Wildman–Crippen LogP) is 2.41. The Hall–Kier alpha value is -1.30. The molecule has 1 heterocycles. The summed E-state index contributed by atoms with van der Waals surface area (Å²) in [5.74, 6) is 0.145. The lowest BCUT2D eigenvalue weighted by Crippen LogP contribution is -2.46. The number of benzene rings is 1. The van der Waals surface area contributed by atoms with Gasteiger partial charge >= 0.3 is 0 Å². The van der Waals surface area contributed by atoms with Gasteiger partial charge in [-0.1, -0.05) is 23.2 Å². The zero-order valence-corrected chi connectivity index (χ0v) is 15.5. The molecule has 0 spiro atoms. The fourth-order valence-electron chi connectivity index (χ4n) is 3.59. The molecular formula is C18H23Cl2N3O2. The molecule has 1 aliphatic heterocycles. The van der Waals surface area contributed by atoms with Crippen molar-refractivity contribution in [3.8, 4) is 0 Å². The van der Waals surface area contributed by atoms with E-state index in [1.807, 2.05) is 17.0 Å². The molecule has 2 fully saturated rings. The third-order valence-electron chi connectivity index (χ3n) is 4.97. The summed E-state index contributed by atoms with van der Waals surface area (Å²) in [7, 11) is 0. The summed E-state index contributed by atoms with van der Waals surface area (Å²) in [5, 5.41) is 4.01. The summed E-state index contributed by atoms with van der Waals surface area (Å²) in [6.07, 6.45) is 2.49. The summed E-state index contributed by atoms with van der Waals surface area (Å²) in [4.78, 5) is 26.8. The summed E-state index contributed by atoms with van der Waals surface area (Å²) < 4.78 is 0. The van der Waals surface area contributed by atoms with Gasteiger partial charge in [-0.2, -0.15) is 0 Å². The first kappa shape index (κ1) is 18.5. The van der Waals surface area contributed by atoms with Crippen molar-refractivity contribution in [2.24, 2.45) is 17.6 Å². The number of carbonyl (C=O) groups is 2. The van der Waals surface area contributed by atoms with E-state index in [0.29, 0.717) is 29.7 Å². The first-order chi connectivity index (χ1) is 12.0. The average molecular weight is 384 g/mol. The van der Waals surface area contributed by atoms with Gasteiger partial charge in [-0.15, -0.1) is 0 Å². The number of hydrogen-bond acceptors (Lipinski definition) is 3. The van der Waals surface area contributed by atoms with Crippen LogP contribution in [0.25, 0.3) is 0 Å². The number of hydrogen-bond donors (Lipinski definition) is 2. The van der Waals surface area contributed by atoms with Crippen molar-refractivity contribution in [2.75, 3.05) is 26.2 Å². The van der Waals surface area contributed by atoms with E-state index < -0.39 is 0 Å². The number of nitrogens with two attached hydrogens (primary N) is 1. The van der Waals surface area contributed by atoms with Crippen LogP contribution < -0.4 is 11.1 Å². The summed E-state index contributed by atoms with van der Waals surface area (Å²) in [6, 6.07) is 5.45. The van der Waals surface area contributed by atoms with Gasteiger partial charge in [0.05, 0.1) is 5.92 Å². The van der Waals surface area contributed by atoms with Crippen molar-refractivity contribution in [3.63, 3.8) is 0 Å². The molecule has 1 saturated carbocycles. The lowest BCUT2D eigenvalue weighted by atomic mass is 9.96. The number of halogens is 2. The molecule has 1 aromatic rings. The normalized spacial score (nSPS) is 25.6. The smallest absolute Gasteiger partial charge is 0.226 e. The van der Waals surface area contributed by atoms with E-state index in [2.05, 4.69) is 5.32 Å². The van der Waals surface area contributed by atoms with Crippen molar-refractivity contribution in [1.29, 1.82) is 0 Å². The standard InChI is InChI=1S/C18H23Cl2N3O2/c19-13-6-12(7-14(20)8-13)15-9-16(15)18(25)23-5-1-2-11(10-23)17(24)22-4-3-21/h6-8,11,15-16H,1-5,9-10,21H2,(H,22,24). The Labute approximate surface area is 157 Å². The Morgan fingerprint density at radius 3 is 2.64 bits per heavy atom. The van der Waals surface area contributed by atoms with Crippen LogP contribution in [0.2, 0.25) is 10.0 Å². The predicted molar refractivity (Wildman–Crippen MR) is 98.7 cm³/mol. The Morgan fingerprint density at radius 2 is 1.96 bits per heavy atom.